The number of tetrazole rings is 1. The number of hydrogen-bond acceptors (Lipinski definition) is 5. The van der Waals surface area contributed by atoms with Crippen LogP contribution in [0.1, 0.15) is 68.1 Å². The molecule has 1 aliphatic carbocycles. The summed E-state index contributed by atoms with van der Waals surface area (Å²) in [5.74, 6) is 2.02. The largest absolute Gasteiger partial charge is 0.496 e. The summed E-state index contributed by atoms with van der Waals surface area (Å²) in [5.41, 5.74) is 2.70. The standard InChI is InChI=1S/C19H27N5O/c1-14(19-20-21-22-24(19)16-8-4-3-5-9-16)23-12-11-17-15(13-23)7-6-10-18(17)25-2/h6-7,10,14,16H,3-5,8-9,11-13H2,1-2H3. The first-order valence-electron chi connectivity index (χ1n) is 9.44. The number of nitrogens with zero attached hydrogens (tertiary/aromatic N) is 5. The second kappa shape index (κ2) is 7.12. The fraction of sp³-hybridized carbons (Fsp3) is 0.632. The van der Waals surface area contributed by atoms with Crippen LogP contribution in [0.3, 0.4) is 0 Å². The van der Waals surface area contributed by atoms with Gasteiger partial charge in [-0.05, 0) is 53.8 Å². The monoisotopic (exact) mass is 341 g/mol. The van der Waals surface area contributed by atoms with E-state index in [-0.39, 0.29) is 6.04 Å². The molecule has 25 heavy (non-hydrogen) atoms. The van der Waals surface area contributed by atoms with Gasteiger partial charge in [-0.15, -0.1) is 5.10 Å². The van der Waals surface area contributed by atoms with Gasteiger partial charge >= 0.3 is 0 Å². The van der Waals surface area contributed by atoms with Crippen molar-refractivity contribution in [3.05, 3.63) is 35.2 Å². The fourth-order valence-electron chi connectivity index (χ4n) is 4.34. The highest BCUT2D eigenvalue weighted by Crippen LogP contribution is 2.33. The van der Waals surface area contributed by atoms with Crippen LogP contribution in [0.2, 0.25) is 0 Å². The van der Waals surface area contributed by atoms with Crippen molar-refractivity contribution in [1.82, 2.24) is 25.1 Å². The smallest absolute Gasteiger partial charge is 0.168 e. The molecule has 2 aromatic rings. The normalized spacial score (nSPS) is 20.2. The molecule has 1 aromatic heterocycles. The topological polar surface area (TPSA) is 56.1 Å². The molecule has 2 aliphatic rings. The zero-order valence-electron chi connectivity index (χ0n) is 15.2. The third kappa shape index (κ3) is 3.15. The number of ether oxygens (including phenoxy) is 1. The first-order chi connectivity index (χ1) is 12.3. The molecule has 6 heteroatoms. The molecule has 0 radical (unpaired) electrons. The van der Waals surface area contributed by atoms with Crippen LogP contribution in [0.5, 0.6) is 5.75 Å². The van der Waals surface area contributed by atoms with E-state index in [2.05, 4.69) is 50.2 Å². The summed E-state index contributed by atoms with van der Waals surface area (Å²) in [4.78, 5) is 2.48. The van der Waals surface area contributed by atoms with Crippen molar-refractivity contribution in [3.63, 3.8) is 0 Å². The van der Waals surface area contributed by atoms with Crippen molar-refractivity contribution in [1.29, 1.82) is 0 Å². The highest BCUT2D eigenvalue weighted by atomic mass is 16.5. The molecule has 0 amide bonds. The maximum atomic E-state index is 5.52. The molecule has 0 N–H and O–H groups in total. The Morgan fingerprint density at radius 1 is 1.20 bits per heavy atom. The summed E-state index contributed by atoms with van der Waals surface area (Å²) >= 11 is 0. The maximum absolute atomic E-state index is 5.52. The van der Waals surface area contributed by atoms with Crippen LogP contribution in [0.15, 0.2) is 18.2 Å². The number of rotatable bonds is 4. The molecule has 1 fully saturated rings. The molecule has 6 nitrogen and oxygen atoms in total. The third-order valence-electron chi connectivity index (χ3n) is 5.83. The van der Waals surface area contributed by atoms with Crippen molar-refractivity contribution in [2.75, 3.05) is 13.7 Å². The maximum Gasteiger partial charge on any atom is 0.168 e. The van der Waals surface area contributed by atoms with E-state index in [1.54, 1.807) is 7.11 Å². The van der Waals surface area contributed by atoms with Gasteiger partial charge in [-0.3, -0.25) is 4.90 Å². The molecule has 1 aromatic carbocycles. The van der Waals surface area contributed by atoms with Gasteiger partial charge in [0.15, 0.2) is 5.82 Å². The molecule has 0 bridgehead atoms. The summed E-state index contributed by atoms with van der Waals surface area (Å²) < 4.78 is 7.63. The van der Waals surface area contributed by atoms with E-state index in [9.17, 15) is 0 Å². The van der Waals surface area contributed by atoms with Crippen LogP contribution < -0.4 is 4.74 Å². The summed E-state index contributed by atoms with van der Waals surface area (Å²) in [6, 6.07) is 7.04. The van der Waals surface area contributed by atoms with Crippen molar-refractivity contribution in [3.8, 4) is 5.75 Å². The number of benzene rings is 1. The van der Waals surface area contributed by atoms with Gasteiger partial charge in [0, 0.05) is 13.1 Å². The molecule has 1 unspecified atom stereocenters. The van der Waals surface area contributed by atoms with Gasteiger partial charge in [-0.25, -0.2) is 4.68 Å². The second-order valence-electron chi connectivity index (χ2n) is 7.27. The Balaban J connectivity index is 1.54. The highest BCUT2D eigenvalue weighted by Gasteiger charge is 2.29. The minimum absolute atomic E-state index is 0.219. The van der Waals surface area contributed by atoms with E-state index < -0.39 is 0 Å². The molecule has 2 heterocycles. The van der Waals surface area contributed by atoms with E-state index in [1.165, 1.54) is 43.2 Å². The zero-order chi connectivity index (χ0) is 17.2. The summed E-state index contributed by atoms with van der Waals surface area (Å²) in [7, 11) is 1.75. The molecular formula is C19H27N5O. The summed E-state index contributed by atoms with van der Waals surface area (Å²) in [6.07, 6.45) is 7.32. The number of fused-ring (bicyclic) bond motifs is 1. The van der Waals surface area contributed by atoms with E-state index in [0.717, 1.165) is 31.1 Å². The zero-order valence-corrected chi connectivity index (χ0v) is 15.2. The van der Waals surface area contributed by atoms with Gasteiger partial charge < -0.3 is 4.74 Å². The summed E-state index contributed by atoms with van der Waals surface area (Å²) in [5, 5.41) is 12.7. The minimum Gasteiger partial charge on any atom is -0.496 e. The lowest BCUT2D eigenvalue weighted by molar-refractivity contribution is 0.172. The van der Waals surface area contributed by atoms with E-state index in [1.807, 2.05) is 0 Å². The Bertz CT molecular complexity index is 722. The van der Waals surface area contributed by atoms with Gasteiger partial charge in [0.1, 0.15) is 5.75 Å². The van der Waals surface area contributed by atoms with Gasteiger partial charge in [0.25, 0.3) is 0 Å². The SMILES string of the molecule is COc1cccc2c1CCN(C(C)c1nnnn1C1CCCCC1)C2. The molecule has 4 rings (SSSR count). The van der Waals surface area contributed by atoms with Crippen molar-refractivity contribution < 1.29 is 4.74 Å². The van der Waals surface area contributed by atoms with Crippen molar-refractivity contribution in [2.45, 2.75) is 64.1 Å². The minimum atomic E-state index is 0.219. The Kier molecular flexibility index (Phi) is 4.70. The Morgan fingerprint density at radius 3 is 2.84 bits per heavy atom. The van der Waals surface area contributed by atoms with Gasteiger partial charge in [-0.1, -0.05) is 31.4 Å². The van der Waals surface area contributed by atoms with Crippen molar-refractivity contribution in [2.24, 2.45) is 0 Å². The third-order valence-corrected chi connectivity index (χ3v) is 5.83. The quantitative estimate of drug-likeness (QED) is 0.854. The molecule has 1 saturated carbocycles. The van der Waals surface area contributed by atoms with E-state index in [4.69, 9.17) is 4.74 Å². The number of methoxy groups -OCH3 is 1. The second-order valence-corrected chi connectivity index (χ2v) is 7.27. The molecule has 0 saturated heterocycles. The predicted molar refractivity (Wildman–Crippen MR) is 95.5 cm³/mol. The Labute approximate surface area is 149 Å². The van der Waals surface area contributed by atoms with E-state index in [0.29, 0.717) is 6.04 Å². The predicted octanol–water partition coefficient (Wildman–Crippen LogP) is 3.31. The highest BCUT2D eigenvalue weighted by molar-refractivity contribution is 5.41. The van der Waals surface area contributed by atoms with Gasteiger partial charge in [0.05, 0.1) is 19.2 Å². The molecule has 1 atom stereocenters. The van der Waals surface area contributed by atoms with Crippen LogP contribution in [-0.2, 0) is 13.0 Å². The average molecular weight is 341 g/mol. The van der Waals surface area contributed by atoms with Gasteiger partial charge in [-0.2, -0.15) is 0 Å². The average Bonchev–Trinajstić information content (AvgIpc) is 3.17. The lowest BCUT2D eigenvalue weighted by Gasteiger charge is -2.34. The van der Waals surface area contributed by atoms with Crippen LogP contribution >= 0.6 is 0 Å². The Morgan fingerprint density at radius 2 is 2.04 bits per heavy atom. The van der Waals surface area contributed by atoms with E-state index >= 15 is 0 Å². The van der Waals surface area contributed by atoms with Crippen molar-refractivity contribution >= 4 is 0 Å². The Hall–Kier alpha value is -1.95. The van der Waals surface area contributed by atoms with Crippen LogP contribution in [-0.4, -0.2) is 38.8 Å². The van der Waals surface area contributed by atoms with Crippen LogP contribution in [0.25, 0.3) is 0 Å². The first-order valence-corrected chi connectivity index (χ1v) is 9.44. The molecule has 134 valence electrons. The van der Waals surface area contributed by atoms with Crippen LogP contribution in [0.4, 0.5) is 0 Å². The number of aromatic nitrogens is 4. The molecule has 1 aliphatic heterocycles. The molecule has 0 spiro atoms. The first kappa shape index (κ1) is 16.5. The lowest BCUT2D eigenvalue weighted by atomic mass is 9.95. The summed E-state index contributed by atoms with van der Waals surface area (Å²) in [6.45, 7) is 4.16. The molecular weight excluding hydrogens is 314 g/mol. The fourth-order valence-corrected chi connectivity index (χ4v) is 4.34. The van der Waals surface area contributed by atoms with Crippen LogP contribution in [0, 0.1) is 0 Å². The van der Waals surface area contributed by atoms with Gasteiger partial charge in [0.2, 0.25) is 0 Å². The number of hydrogen-bond donors (Lipinski definition) is 0. The lowest BCUT2D eigenvalue weighted by Crippen LogP contribution is -2.35.